The van der Waals surface area contributed by atoms with Crippen LogP contribution in [0.2, 0.25) is 5.15 Å². The molecule has 0 aliphatic carbocycles. The second-order valence-electron chi connectivity index (χ2n) is 2.34. The van der Waals surface area contributed by atoms with Crippen LogP contribution in [0.15, 0.2) is 12.3 Å². The maximum atomic E-state index is 10.2. The Morgan fingerprint density at radius 2 is 2.38 bits per heavy atom. The van der Waals surface area contributed by atoms with Gasteiger partial charge in [-0.1, -0.05) is 11.6 Å². The Bertz CT molecular complexity index is 363. The largest absolute Gasteiger partial charge is 0.478 e. The maximum Gasteiger partial charge on any atom is 0.328 e. The molecule has 0 saturated carbocycles. The highest BCUT2D eigenvalue weighted by Gasteiger charge is 1.98. The molecule has 1 rings (SSSR count). The molecule has 0 aliphatic rings. The van der Waals surface area contributed by atoms with Crippen molar-refractivity contribution >= 4 is 23.6 Å². The van der Waals surface area contributed by atoms with E-state index in [1.54, 1.807) is 6.92 Å². The maximum absolute atomic E-state index is 10.2. The Kier molecular flexibility index (Phi) is 2.97. The molecule has 5 heteroatoms. The lowest BCUT2D eigenvalue weighted by Crippen LogP contribution is -1.91. The van der Waals surface area contributed by atoms with Gasteiger partial charge >= 0.3 is 5.97 Å². The number of aryl methyl sites for hydroxylation is 1. The van der Waals surface area contributed by atoms with E-state index in [1.807, 2.05) is 0 Å². The first-order valence-corrected chi connectivity index (χ1v) is 3.87. The summed E-state index contributed by atoms with van der Waals surface area (Å²) in [4.78, 5) is 18.0. The molecule has 1 aromatic rings. The molecule has 0 amide bonds. The Morgan fingerprint density at radius 3 is 2.92 bits per heavy atom. The smallest absolute Gasteiger partial charge is 0.328 e. The first kappa shape index (κ1) is 9.67. The van der Waals surface area contributed by atoms with Crippen molar-refractivity contribution in [3.8, 4) is 0 Å². The van der Waals surface area contributed by atoms with Crippen molar-refractivity contribution in [2.24, 2.45) is 0 Å². The fourth-order valence-corrected chi connectivity index (χ4v) is 0.813. The van der Waals surface area contributed by atoms with Gasteiger partial charge in [0.15, 0.2) is 0 Å². The summed E-state index contributed by atoms with van der Waals surface area (Å²) >= 11 is 5.63. The fourth-order valence-electron chi connectivity index (χ4n) is 0.722. The summed E-state index contributed by atoms with van der Waals surface area (Å²) in [6.45, 7) is 1.70. The van der Waals surface area contributed by atoms with Crippen molar-refractivity contribution in [3.05, 3.63) is 28.8 Å². The van der Waals surface area contributed by atoms with Crippen molar-refractivity contribution in [2.75, 3.05) is 0 Å². The van der Waals surface area contributed by atoms with Crippen LogP contribution in [0.25, 0.3) is 6.08 Å². The summed E-state index contributed by atoms with van der Waals surface area (Å²) in [7, 11) is 0. The lowest BCUT2D eigenvalue weighted by atomic mass is 10.3. The van der Waals surface area contributed by atoms with Crippen LogP contribution < -0.4 is 0 Å². The highest BCUT2D eigenvalue weighted by Crippen LogP contribution is 2.09. The average Bonchev–Trinajstić information content (AvgIpc) is 2.07. The van der Waals surface area contributed by atoms with E-state index in [0.29, 0.717) is 16.5 Å². The second-order valence-corrected chi connectivity index (χ2v) is 2.70. The normalized spacial score (nSPS) is 10.6. The summed E-state index contributed by atoms with van der Waals surface area (Å²) in [5.74, 6) is -1.02. The van der Waals surface area contributed by atoms with Gasteiger partial charge in [0, 0.05) is 6.08 Å². The van der Waals surface area contributed by atoms with Gasteiger partial charge in [0.1, 0.15) is 5.15 Å². The molecule has 0 saturated heterocycles. The minimum Gasteiger partial charge on any atom is -0.478 e. The Morgan fingerprint density at radius 1 is 1.69 bits per heavy atom. The topological polar surface area (TPSA) is 63.1 Å². The van der Waals surface area contributed by atoms with E-state index in [2.05, 4.69) is 9.97 Å². The average molecular weight is 199 g/mol. The molecule has 0 bridgehead atoms. The predicted octanol–water partition coefficient (Wildman–Crippen LogP) is 1.54. The summed E-state index contributed by atoms with van der Waals surface area (Å²) in [6, 6.07) is 0. The first-order valence-electron chi connectivity index (χ1n) is 3.50. The summed E-state index contributed by atoms with van der Waals surface area (Å²) in [5.41, 5.74) is 1.05. The fraction of sp³-hybridized carbons (Fsp3) is 0.125. The van der Waals surface area contributed by atoms with Crippen LogP contribution in [0.1, 0.15) is 11.4 Å². The Hall–Kier alpha value is -1.42. The molecule has 0 aromatic carbocycles. The van der Waals surface area contributed by atoms with Crippen molar-refractivity contribution in [1.82, 2.24) is 9.97 Å². The van der Waals surface area contributed by atoms with Crippen LogP contribution in [-0.2, 0) is 4.79 Å². The number of aliphatic carboxylic acids is 1. The lowest BCUT2D eigenvalue weighted by molar-refractivity contribution is -0.131. The standard InChI is InChI=1S/C8H7ClN2O2/c1-5-8(9)10-4-6(11-5)2-3-7(12)13/h2-4H,1H3,(H,12,13)/b3-2+. The van der Waals surface area contributed by atoms with E-state index in [9.17, 15) is 4.79 Å². The van der Waals surface area contributed by atoms with Gasteiger partial charge in [-0.3, -0.25) is 0 Å². The van der Waals surface area contributed by atoms with E-state index < -0.39 is 5.97 Å². The molecular formula is C8H7ClN2O2. The van der Waals surface area contributed by atoms with Crippen molar-refractivity contribution < 1.29 is 9.90 Å². The summed E-state index contributed by atoms with van der Waals surface area (Å²) < 4.78 is 0. The molecule has 0 unspecified atom stereocenters. The number of carbonyl (C=O) groups is 1. The molecule has 0 fully saturated rings. The molecule has 0 atom stereocenters. The molecule has 13 heavy (non-hydrogen) atoms. The van der Waals surface area contributed by atoms with Crippen LogP contribution in [0, 0.1) is 6.92 Å². The zero-order valence-electron chi connectivity index (χ0n) is 6.86. The van der Waals surface area contributed by atoms with Crippen LogP contribution in [0.5, 0.6) is 0 Å². The van der Waals surface area contributed by atoms with Gasteiger partial charge in [0.25, 0.3) is 0 Å². The number of hydrogen-bond donors (Lipinski definition) is 1. The molecule has 0 aliphatic heterocycles. The molecule has 1 aromatic heterocycles. The third-order valence-corrected chi connectivity index (χ3v) is 1.67. The number of rotatable bonds is 2. The monoisotopic (exact) mass is 198 g/mol. The quantitative estimate of drug-likeness (QED) is 0.733. The Balaban J connectivity index is 2.92. The second kappa shape index (κ2) is 4.00. The first-order chi connectivity index (χ1) is 6.09. The van der Waals surface area contributed by atoms with Gasteiger partial charge in [0.05, 0.1) is 17.6 Å². The third-order valence-electron chi connectivity index (χ3n) is 1.30. The molecule has 1 N–H and O–H groups in total. The third kappa shape index (κ3) is 2.83. The highest BCUT2D eigenvalue weighted by atomic mass is 35.5. The predicted molar refractivity (Wildman–Crippen MR) is 48.4 cm³/mol. The van der Waals surface area contributed by atoms with Crippen molar-refractivity contribution in [1.29, 1.82) is 0 Å². The molecule has 0 spiro atoms. The van der Waals surface area contributed by atoms with E-state index >= 15 is 0 Å². The van der Waals surface area contributed by atoms with Gasteiger partial charge < -0.3 is 5.11 Å². The summed E-state index contributed by atoms with van der Waals surface area (Å²) in [5, 5.41) is 8.66. The van der Waals surface area contributed by atoms with Gasteiger partial charge in [-0.25, -0.2) is 14.8 Å². The van der Waals surface area contributed by atoms with Crippen LogP contribution in [0.4, 0.5) is 0 Å². The highest BCUT2D eigenvalue weighted by molar-refractivity contribution is 6.29. The van der Waals surface area contributed by atoms with Gasteiger partial charge in [-0.15, -0.1) is 0 Å². The van der Waals surface area contributed by atoms with Crippen molar-refractivity contribution in [3.63, 3.8) is 0 Å². The zero-order valence-corrected chi connectivity index (χ0v) is 7.62. The zero-order chi connectivity index (χ0) is 9.84. The number of halogens is 1. The number of carboxylic acid groups (broad SMARTS) is 1. The van der Waals surface area contributed by atoms with E-state index in [-0.39, 0.29) is 0 Å². The van der Waals surface area contributed by atoms with Crippen LogP contribution in [0.3, 0.4) is 0 Å². The van der Waals surface area contributed by atoms with E-state index in [0.717, 1.165) is 6.08 Å². The number of aromatic nitrogens is 2. The molecule has 4 nitrogen and oxygen atoms in total. The molecule has 1 heterocycles. The van der Waals surface area contributed by atoms with Gasteiger partial charge in [-0.05, 0) is 13.0 Å². The van der Waals surface area contributed by atoms with E-state index in [4.69, 9.17) is 16.7 Å². The molecule has 68 valence electrons. The number of nitrogens with zero attached hydrogens (tertiary/aromatic N) is 2. The van der Waals surface area contributed by atoms with Crippen LogP contribution in [-0.4, -0.2) is 21.0 Å². The van der Waals surface area contributed by atoms with Crippen molar-refractivity contribution in [2.45, 2.75) is 6.92 Å². The SMILES string of the molecule is Cc1nc(/C=C/C(=O)O)cnc1Cl. The minimum atomic E-state index is -1.02. The number of hydrogen-bond acceptors (Lipinski definition) is 3. The van der Waals surface area contributed by atoms with Gasteiger partial charge in [-0.2, -0.15) is 0 Å². The lowest BCUT2D eigenvalue weighted by Gasteiger charge is -1.96. The molecular weight excluding hydrogens is 192 g/mol. The molecule has 0 radical (unpaired) electrons. The summed E-state index contributed by atoms with van der Waals surface area (Å²) in [6.07, 6.45) is 3.77. The van der Waals surface area contributed by atoms with Crippen LogP contribution >= 0.6 is 11.6 Å². The van der Waals surface area contributed by atoms with E-state index in [1.165, 1.54) is 12.3 Å². The Labute approximate surface area is 79.9 Å². The minimum absolute atomic E-state index is 0.326. The number of carboxylic acids is 1. The van der Waals surface area contributed by atoms with Gasteiger partial charge in [0.2, 0.25) is 0 Å².